The Morgan fingerprint density at radius 1 is 1.33 bits per heavy atom. The van der Waals surface area contributed by atoms with Crippen LogP contribution in [0.2, 0.25) is 0 Å². The Hall–Kier alpha value is -2.34. The Balaban J connectivity index is 1.64. The molecule has 0 spiro atoms. The highest BCUT2D eigenvalue weighted by molar-refractivity contribution is 5.95. The van der Waals surface area contributed by atoms with Gasteiger partial charge in [0.05, 0.1) is 18.4 Å². The minimum Gasteiger partial charge on any atom is -0.399 e. The average molecular weight is 285 g/mol. The van der Waals surface area contributed by atoms with Crippen molar-refractivity contribution < 1.29 is 4.79 Å². The third kappa shape index (κ3) is 3.05. The number of benzene rings is 1. The quantitative estimate of drug-likeness (QED) is 0.849. The van der Waals surface area contributed by atoms with E-state index in [2.05, 4.69) is 10.00 Å². The van der Waals surface area contributed by atoms with Gasteiger partial charge in [-0.15, -0.1) is 0 Å². The second kappa shape index (κ2) is 5.57. The minimum atomic E-state index is 0.109. The highest BCUT2D eigenvalue weighted by Gasteiger charge is 2.25. The van der Waals surface area contributed by atoms with Crippen molar-refractivity contribution in [3.8, 4) is 0 Å². The monoisotopic (exact) mass is 285 g/mol. The Bertz CT molecular complexity index is 651. The van der Waals surface area contributed by atoms with E-state index in [1.807, 2.05) is 37.5 Å². The van der Waals surface area contributed by atoms with E-state index >= 15 is 0 Å². The van der Waals surface area contributed by atoms with Gasteiger partial charge in [-0.3, -0.25) is 14.4 Å². The summed E-state index contributed by atoms with van der Waals surface area (Å²) in [5, 5.41) is 4.12. The maximum atomic E-state index is 12.3. The standard InChI is InChI=1S/C15H19N5O/c1-18-10-14(8-17-18)20-6-5-19(11-15(20)21)9-12-3-2-4-13(16)7-12/h2-4,7-8,10H,5-6,9,11,16H2,1H3. The predicted octanol–water partition coefficient (Wildman–Crippen LogP) is 0.851. The number of nitrogens with two attached hydrogens (primary N) is 1. The van der Waals surface area contributed by atoms with Crippen LogP contribution in [0, 0.1) is 0 Å². The van der Waals surface area contributed by atoms with Crippen LogP contribution >= 0.6 is 0 Å². The molecule has 3 rings (SSSR count). The van der Waals surface area contributed by atoms with E-state index in [0.29, 0.717) is 13.1 Å². The van der Waals surface area contributed by atoms with Gasteiger partial charge in [-0.05, 0) is 17.7 Å². The molecule has 0 radical (unpaired) electrons. The van der Waals surface area contributed by atoms with Gasteiger partial charge in [0.1, 0.15) is 0 Å². The fourth-order valence-corrected chi connectivity index (χ4v) is 2.63. The van der Waals surface area contributed by atoms with Gasteiger partial charge in [0.25, 0.3) is 0 Å². The molecular weight excluding hydrogens is 266 g/mol. The lowest BCUT2D eigenvalue weighted by molar-refractivity contribution is -0.121. The van der Waals surface area contributed by atoms with Gasteiger partial charge in [-0.1, -0.05) is 12.1 Å². The molecule has 0 atom stereocenters. The lowest BCUT2D eigenvalue weighted by atomic mass is 10.1. The molecule has 0 unspecified atom stereocenters. The Kier molecular flexibility index (Phi) is 3.62. The van der Waals surface area contributed by atoms with Gasteiger partial charge in [0, 0.05) is 38.6 Å². The fraction of sp³-hybridized carbons (Fsp3) is 0.333. The van der Waals surface area contributed by atoms with Crippen molar-refractivity contribution in [1.82, 2.24) is 14.7 Å². The van der Waals surface area contributed by atoms with Crippen LogP contribution in [0.5, 0.6) is 0 Å². The molecule has 2 heterocycles. The second-order valence-corrected chi connectivity index (χ2v) is 5.37. The van der Waals surface area contributed by atoms with E-state index in [4.69, 9.17) is 5.73 Å². The van der Waals surface area contributed by atoms with Crippen molar-refractivity contribution in [3.05, 3.63) is 42.2 Å². The summed E-state index contributed by atoms with van der Waals surface area (Å²) in [6.45, 7) is 2.70. The molecule has 1 aliphatic heterocycles. The maximum absolute atomic E-state index is 12.3. The molecule has 2 N–H and O–H groups in total. The van der Waals surface area contributed by atoms with Crippen molar-refractivity contribution in [1.29, 1.82) is 0 Å². The molecule has 6 heteroatoms. The second-order valence-electron chi connectivity index (χ2n) is 5.37. The van der Waals surface area contributed by atoms with E-state index in [-0.39, 0.29) is 5.91 Å². The van der Waals surface area contributed by atoms with Crippen molar-refractivity contribution >= 4 is 17.3 Å². The number of hydrogen-bond donors (Lipinski definition) is 1. The van der Waals surface area contributed by atoms with Gasteiger partial charge < -0.3 is 10.6 Å². The molecule has 6 nitrogen and oxygen atoms in total. The minimum absolute atomic E-state index is 0.109. The number of carbonyl (C=O) groups excluding carboxylic acids is 1. The summed E-state index contributed by atoms with van der Waals surface area (Å²) < 4.78 is 1.71. The molecule has 1 saturated heterocycles. The van der Waals surface area contributed by atoms with Crippen LogP contribution in [0.3, 0.4) is 0 Å². The number of amides is 1. The molecule has 0 bridgehead atoms. The smallest absolute Gasteiger partial charge is 0.241 e. The summed E-state index contributed by atoms with van der Waals surface area (Å²) in [7, 11) is 1.85. The van der Waals surface area contributed by atoms with E-state index in [9.17, 15) is 4.79 Å². The number of aryl methyl sites for hydroxylation is 1. The average Bonchev–Trinajstić information content (AvgIpc) is 2.85. The molecule has 2 aromatic rings. The van der Waals surface area contributed by atoms with Crippen LogP contribution in [0.15, 0.2) is 36.7 Å². The van der Waals surface area contributed by atoms with E-state index in [1.54, 1.807) is 15.8 Å². The first-order valence-electron chi connectivity index (χ1n) is 6.97. The number of carbonyl (C=O) groups is 1. The zero-order valence-corrected chi connectivity index (χ0v) is 12.1. The summed E-state index contributed by atoms with van der Waals surface area (Å²) >= 11 is 0. The number of nitrogens with zero attached hydrogens (tertiary/aromatic N) is 4. The lowest BCUT2D eigenvalue weighted by Gasteiger charge is -2.33. The summed E-state index contributed by atoms with van der Waals surface area (Å²) in [5.41, 5.74) is 8.55. The number of anilines is 2. The summed E-state index contributed by atoms with van der Waals surface area (Å²) in [5.74, 6) is 0.109. The molecule has 0 saturated carbocycles. The first-order chi connectivity index (χ1) is 10.1. The van der Waals surface area contributed by atoms with Crippen LogP contribution in [-0.2, 0) is 18.4 Å². The van der Waals surface area contributed by atoms with Gasteiger partial charge in [0.2, 0.25) is 5.91 Å². The molecule has 1 aromatic carbocycles. The van der Waals surface area contributed by atoms with Crippen molar-refractivity contribution in [2.45, 2.75) is 6.54 Å². The first kappa shape index (κ1) is 13.6. The molecule has 1 aromatic heterocycles. The Morgan fingerprint density at radius 2 is 2.19 bits per heavy atom. The van der Waals surface area contributed by atoms with E-state index < -0.39 is 0 Å². The van der Waals surface area contributed by atoms with Crippen LogP contribution in [-0.4, -0.2) is 40.2 Å². The summed E-state index contributed by atoms with van der Waals surface area (Å²) in [4.78, 5) is 16.2. The van der Waals surface area contributed by atoms with Gasteiger partial charge >= 0.3 is 0 Å². The van der Waals surface area contributed by atoms with E-state index in [1.165, 1.54) is 0 Å². The third-order valence-corrected chi connectivity index (χ3v) is 3.66. The molecule has 21 heavy (non-hydrogen) atoms. The van der Waals surface area contributed by atoms with Crippen LogP contribution < -0.4 is 10.6 Å². The molecule has 1 fully saturated rings. The van der Waals surface area contributed by atoms with Crippen LogP contribution in [0.25, 0.3) is 0 Å². The summed E-state index contributed by atoms with van der Waals surface area (Å²) in [6, 6.07) is 7.81. The molecule has 110 valence electrons. The number of piperazine rings is 1. The molecule has 1 amide bonds. The summed E-state index contributed by atoms with van der Waals surface area (Å²) in [6.07, 6.45) is 3.59. The highest BCUT2D eigenvalue weighted by Crippen LogP contribution is 2.17. The van der Waals surface area contributed by atoms with Gasteiger partial charge in [-0.25, -0.2) is 0 Å². The van der Waals surface area contributed by atoms with E-state index in [0.717, 1.165) is 30.0 Å². The Labute approximate surface area is 123 Å². The molecule has 0 aliphatic carbocycles. The number of rotatable bonds is 3. The lowest BCUT2D eigenvalue weighted by Crippen LogP contribution is -2.50. The number of nitrogen functional groups attached to an aromatic ring is 1. The van der Waals surface area contributed by atoms with Crippen molar-refractivity contribution in [3.63, 3.8) is 0 Å². The largest absolute Gasteiger partial charge is 0.399 e. The zero-order chi connectivity index (χ0) is 14.8. The van der Waals surface area contributed by atoms with Crippen LogP contribution in [0.1, 0.15) is 5.56 Å². The van der Waals surface area contributed by atoms with Crippen molar-refractivity contribution in [2.24, 2.45) is 7.05 Å². The molecule has 1 aliphatic rings. The Morgan fingerprint density at radius 3 is 2.86 bits per heavy atom. The normalized spacial score (nSPS) is 16.4. The fourth-order valence-electron chi connectivity index (χ4n) is 2.63. The topological polar surface area (TPSA) is 67.4 Å². The first-order valence-corrected chi connectivity index (χ1v) is 6.97. The molecular formula is C15H19N5O. The third-order valence-electron chi connectivity index (χ3n) is 3.66. The number of aromatic nitrogens is 2. The highest BCUT2D eigenvalue weighted by atomic mass is 16.2. The SMILES string of the molecule is Cn1cc(N2CCN(Cc3cccc(N)c3)CC2=O)cn1. The van der Waals surface area contributed by atoms with Gasteiger partial charge in [-0.2, -0.15) is 5.10 Å². The number of hydrogen-bond acceptors (Lipinski definition) is 4. The predicted molar refractivity (Wildman–Crippen MR) is 81.7 cm³/mol. The van der Waals surface area contributed by atoms with Crippen molar-refractivity contribution in [2.75, 3.05) is 30.3 Å². The van der Waals surface area contributed by atoms with Crippen LogP contribution in [0.4, 0.5) is 11.4 Å². The maximum Gasteiger partial charge on any atom is 0.241 e. The van der Waals surface area contributed by atoms with Gasteiger partial charge in [0.15, 0.2) is 0 Å². The zero-order valence-electron chi connectivity index (χ0n) is 12.1.